The summed E-state index contributed by atoms with van der Waals surface area (Å²) in [6.45, 7) is 6.29. The van der Waals surface area contributed by atoms with E-state index in [0.717, 1.165) is 64.1 Å². The van der Waals surface area contributed by atoms with Crippen molar-refractivity contribution in [1.82, 2.24) is 39.7 Å². The molecular weight excluding hydrogens is 656 g/mol. The number of aromatic nitrogens is 6. The lowest BCUT2D eigenvalue weighted by molar-refractivity contribution is -0.131. The molecule has 11 nitrogen and oxygen atoms in total. The van der Waals surface area contributed by atoms with Crippen LogP contribution >= 0.6 is 31.9 Å². The number of amides is 2. The Bertz CT molecular complexity index is 1460. The minimum absolute atomic E-state index is 0.103. The number of nitrogens with zero attached hydrogens (tertiary/aromatic N) is 7. The summed E-state index contributed by atoms with van der Waals surface area (Å²) < 4.78 is 3.71. The van der Waals surface area contributed by atoms with Gasteiger partial charge in [0, 0.05) is 64.2 Å². The summed E-state index contributed by atoms with van der Waals surface area (Å²) in [5.41, 5.74) is 1.54. The van der Waals surface area contributed by atoms with Gasteiger partial charge in [0.05, 0.1) is 6.20 Å². The number of aromatic amines is 1. The lowest BCUT2D eigenvalue weighted by Gasteiger charge is -2.16. The van der Waals surface area contributed by atoms with Gasteiger partial charge in [0.25, 0.3) is 0 Å². The third kappa shape index (κ3) is 8.55. The van der Waals surface area contributed by atoms with Gasteiger partial charge in [0.1, 0.15) is 13.4 Å². The molecule has 2 aliphatic rings. The SMILES string of the molecule is Brc1cnc2[nH]ncc2c1.CCCC1CC(=O)N(CO)C1.CCCC1CC(=O)N(Cn2cc3cc(Br)cnc3n2)C1. The van der Waals surface area contributed by atoms with E-state index in [1.54, 1.807) is 23.3 Å². The van der Waals surface area contributed by atoms with E-state index in [9.17, 15) is 9.59 Å². The minimum Gasteiger partial charge on any atom is -0.376 e. The van der Waals surface area contributed by atoms with Gasteiger partial charge in [-0.1, -0.05) is 26.7 Å². The maximum Gasteiger partial charge on any atom is 0.224 e. The Morgan fingerprint density at radius 3 is 2.15 bits per heavy atom. The van der Waals surface area contributed by atoms with Crippen LogP contribution in [0, 0.1) is 11.8 Å². The highest BCUT2D eigenvalue weighted by molar-refractivity contribution is 9.10. The van der Waals surface area contributed by atoms with E-state index >= 15 is 0 Å². The van der Waals surface area contributed by atoms with Gasteiger partial charge in [-0.05, 0) is 68.7 Å². The van der Waals surface area contributed by atoms with Crippen LogP contribution in [0.2, 0.25) is 0 Å². The van der Waals surface area contributed by atoms with Crippen LogP contribution in [0.25, 0.3) is 22.1 Å². The Morgan fingerprint density at radius 2 is 1.51 bits per heavy atom. The summed E-state index contributed by atoms with van der Waals surface area (Å²) in [4.78, 5) is 34.8. The highest BCUT2D eigenvalue weighted by Gasteiger charge is 2.29. The van der Waals surface area contributed by atoms with Crippen molar-refractivity contribution in [3.8, 4) is 0 Å². The zero-order valence-corrected chi connectivity index (χ0v) is 26.5. The van der Waals surface area contributed by atoms with Crippen LogP contribution in [-0.4, -0.2) is 76.5 Å². The molecule has 0 spiro atoms. The fourth-order valence-corrected chi connectivity index (χ4v) is 5.88. The molecule has 2 fully saturated rings. The second-order valence-corrected chi connectivity index (χ2v) is 12.3. The number of likely N-dealkylation sites (tertiary alicyclic amines) is 2. The molecule has 0 aliphatic carbocycles. The van der Waals surface area contributed by atoms with Crippen LogP contribution in [0.15, 0.2) is 45.9 Å². The summed E-state index contributed by atoms with van der Waals surface area (Å²) in [6, 6.07) is 3.95. The van der Waals surface area contributed by atoms with E-state index in [2.05, 4.69) is 71.0 Å². The Balaban J connectivity index is 0.000000156. The lowest BCUT2D eigenvalue weighted by Crippen LogP contribution is -2.28. The fraction of sp³-hybridized carbons (Fsp3) is 0.500. The van der Waals surface area contributed by atoms with E-state index < -0.39 is 0 Å². The van der Waals surface area contributed by atoms with Crippen LogP contribution in [0.5, 0.6) is 0 Å². The van der Waals surface area contributed by atoms with Crippen molar-refractivity contribution >= 4 is 65.7 Å². The van der Waals surface area contributed by atoms with E-state index in [4.69, 9.17) is 5.11 Å². The monoisotopic (exact) mass is 690 g/mol. The third-order valence-electron chi connectivity index (χ3n) is 7.10. The molecule has 2 atom stereocenters. The first kappa shape index (κ1) is 31.0. The van der Waals surface area contributed by atoms with Gasteiger partial charge in [-0.3, -0.25) is 19.4 Å². The number of rotatable bonds is 7. The number of fused-ring (bicyclic) bond motifs is 2. The van der Waals surface area contributed by atoms with Crippen LogP contribution in [0.3, 0.4) is 0 Å². The van der Waals surface area contributed by atoms with E-state index in [1.807, 2.05) is 23.2 Å². The van der Waals surface area contributed by atoms with Gasteiger partial charge in [-0.15, -0.1) is 0 Å². The van der Waals surface area contributed by atoms with Crippen molar-refractivity contribution in [2.45, 2.75) is 59.0 Å². The standard InChI is InChI=1S/C14H17BrN4O.C8H15NO2.C6H4BrN3/c1-2-3-10-4-13(20)18(7-10)9-19-8-11-5-12(15)6-16-14(11)17-19;1-2-3-7-4-8(11)9(5-7)6-10;7-5-1-4-2-9-10-6(4)8-3-5/h5-6,8,10H,2-4,7,9H2,1H3;7,10H,2-6H2,1H3;1-3H,(H,8,9,10). The first-order chi connectivity index (χ1) is 19.8. The average Bonchev–Trinajstić information content (AvgIpc) is 3.72. The third-order valence-corrected chi connectivity index (χ3v) is 7.97. The number of carbonyl (C=O) groups is 2. The number of aliphatic hydroxyl groups is 1. The van der Waals surface area contributed by atoms with Crippen molar-refractivity contribution in [2.75, 3.05) is 19.8 Å². The molecule has 220 valence electrons. The molecule has 2 aliphatic heterocycles. The van der Waals surface area contributed by atoms with Crippen molar-refractivity contribution < 1.29 is 14.7 Å². The summed E-state index contributed by atoms with van der Waals surface area (Å²) in [6.07, 6.45) is 12.9. The molecule has 0 saturated carbocycles. The first-order valence-electron chi connectivity index (χ1n) is 13.9. The number of halogens is 2. The van der Waals surface area contributed by atoms with Gasteiger partial charge in [-0.25, -0.2) is 9.97 Å². The predicted octanol–water partition coefficient (Wildman–Crippen LogP) is 5.11. The molecule has 4 aromatic rings. The second kappa shape index (κ2) is 14.8. The number of carbonyl (C=O) groups excluding carboxylic acids is 2. The number of hydrogen-bond donors (Lipinski definition) is 2. The number of H-pyrrole nitrogens is 1. The van der Waals surface area contributed by atoms with E-state index in [0.29, 0.717) is 37.0 Å². The van der Waals surface area contributed by atoms with Gasteiger partial charge in [0.15, 0.2) is 11.3 Å². The molecule has 0 bridgehead atoms. The van der Waals surface area contributed by atoms with Crippen molar-refractivity contribution in [2.24, 2.45) is 11.8 Å². The number of nitrogens with one attached hydrogen (secondary N) is 1. The second-order valence-electron chi connectivity index (χ2n) is 10.4. The molecule has 2 N–H and O–H groups in total. The summed E-state index contributed by atoms with van der Waals surface area (Å²) in [5, 5.41) is 21.7. The maximum absolute atomic E-state index is 12.0. The lowest BCUT2D eigenvalue weighted by atomic mass is 10.0. The number of hydrogen-bond acceptors (Lipinski definition) is 7. The molecule has 2 unspecified atom stereocenters. The van der Waals surface area contributed by atoms with Crippen molar-refractivity contribution in [1.29, 1.82) is 0 Å². The zero-order chi connectivity index (χ0) is 29.4. The highest BCUT2D eigenvalue weighted by atomic mass is 79.9. The summed E-state index contributed by atoms with van der Waals surface area (Å²) >= 11 is 6.71. The van der Waals surface area contributed by atoms with Gasteiger partial charge < -0.3 is 14.9 Å². The minimum atomic E-state index is -0.112. The normalized spacial score (nSPS) is 18.6. The highest BCUT2D eigenvalue weighted by Crippen LogP contribution is 2.24. The van der Waals surface area contributed by atoms with Crippen LogP contribution in [-0.2, 0) is 16.3 Å². The molecule has 6 rings (SSSR count). The van der Waals surface area contributed by atoms with Crippen LogP contribution in [0.1, 0.15) is 52.4 Å². The molecule has 13 heteroatoms. The Kier molecular flexibility index (Phi) is 11.2. The molecule has 2 amide bonds. The molecule has 4 aromatic heterocycles. The topological polar surface area (TPSA) is 133 Å². The Hall–Kier alpha value is -2.90. The maximum atomic E-state index is 12.0. The molecule has 6 heterocycles. The molecule has 0 radical (unpaired) electrons. The Labute approximate surface area is 256 Å². The fourth-order valence-electron chi connectivity index (χ4n) is 5.18. The largest absolute Gasteiger partial charge is 0.376 e. The molecule has 41 heavy (non-hydrogen) atoms. The smallest absolute Gasteiger partial charge is 0.224 e. The quantitative estimate of drug-likeness (QED) is 0.275. The summed E-state index contributed by atoms with van der Waals surface area (Å²) in [7, 11) is 0. The van der Waals surface area contributed by atoms with Crippen LogP contribution in [0.4, 0.5) is 0 Å². The van der Waals surface area contributed by atoms with Gasteiger partial charge >= 0.3 is 0 Å². The van der Waals surface area contributed by atoms with Crippen molar-refractivity contribution in [3.05, 3.63) is 45.9 Å². The average molecular weight is 692 g/mol. The zero-order valence-electron chi connectivity index (χ0n) is 23.3. The van der Waals surface area contributed by atoms with Crippen LogP contribution < -0.4 is 0 Å². The molecule has 0 aromatic carbocycles. The van der Waals surface area contributed by atoms with E-state index in [-0.39, 0.29) is 18.5 Å². The Morgan fingerprint density at radius 1 is 0.902 bits per heavy atom. The molecule has 2 saturated heterocycles. The number of aliphatic hydroxyl groups excluding tert-OH is 1. The predicted molar refractivity (Wildman–Crippen MR) is 163 cm³/mol. The number of pyridine rings is 2. The van der Waals surface area contributed by atoms with Crippen molar-refractivity contribution in [3.63, 3.8) is 0 Å². The summed E-state index contributed by atoms with van der Waals surface area (Å²) in [5.74, 6) is 1.33. The van der Waals surface area contributed by atoms with Gasteiger partial charge in [-0.2, -0.15) is 10.2 Å². The van der Waals surface area contributed by atoms with E-state index in [1.165, 1.54) is 4.90 Å². The first-order valence-corrected chi connectivity index (χ1v) is 15.5. The molecular formula is C28H36Br2N8O3. The van der Waals surface area contributed by atoms with Gasteiger partial charge in [0.2, 0.25) is 11.8 Å².